The van der Waals surface area contributed by atoms with Crippen LogP contribution >= 0.6 is 7.82 Å². The first-order valence-corrected chi connectivity index (χ1v) is 49.4. The molecule has 2 atom stereocenters. The summed E-state index contributed by atoms with van der Waals surface area (Å²) in [6.07, 6.45) is 46.3. The number of hydrogen-bond donors (Lipinski definition) is 3. The zero-order chi connectivity index (χ0) is 92.6. The lowest BCUT2D eigenvalue weighted by Gasteiger charge is -2.32. The fourth-order valence-corrected chi connectivity index (χ4v) is 15.4. The molecule has 0 spiro atoms. The second-order valence-electron chi connectivity index (χ2n) is 35.1. The van der Waals surface area contributed by atoms with Crippen LogP contribution in [0.15, 0.2) is 58.7 Å². The summed E-state index contributed by atoms with van der Waals surface area (Å²) in [5, 5.41) is 5.18. The first-order valence-electron chi connectivity index (χ1n) is 47.9. The van der Waals surface area contributed by atoms with Crippen LogP contribution in [0.1, 0.15) is 434 Å². The third-order valence-corrected chi connectivity index (χ3v) is 23.8. The number of amides is 2. The highest BCUT2D eigenvalue weighted by molar-refractivity contribution is 7.47. The standard InChI is InChI=1S/C100H161N2O22P/c1-8-10-12-14-16-18-20-22-24-26-28-30-32-34-36-43-98(117)121-77-94(124-99(118)44-37-35-33-31-29-27-25-23-21-19-17-15-13-11-9-2)78-123-125(119,120)122-75-74-102-96(115)70-68-92(113)65-64-90(111)61-60-88(109)57-56-86(107)53-52-84(105)49-48-82(103)46-47-83(104)50-51-85(106)54-55-87(108)58-59-89(110)62-63-91(112)66-67-93(114)71-73-101-97(116)76-80(4)41-38-40-79(3)45-69-95-81(5)42-39-72-100(95,6)7/h38,40-41,45,69,76,94H,8-37,39,42-44,46-68,70-75,77-78H2,1-7H3,(H,101,116)(H,102,115)(H,119,120)/b41-38+,69-45+,79-40+,80-76+/t94-/m1/s1. The molecule has 0 saturated carbocycles. The third-order valence-electron chi connectivity index (χ3n) is 22.8. The molecular weight excluding hydrogens is 1610 g/mol. The lowest BCUT2D eigenvalue weighted by molar-refractivity contribution is -0.161. The molecular formula is C100H161N2O22P. The molecule has 125 heavy (non-hydrogen) atoms. The van der Waals surface area contributed by atoms with Crippen LogP contribution in [-0.2, 0) is 99.8 Å². The largest absolute Gasteiger partial charge is 0.472 e. The van der Waals surface area contributed by atoms with Crippen molar-refractivity contribution < 1.29 is 105 Å². The van der Waals surface area contributed by atoms with Gasteiger partial charge >= 0.3 is 19.8 Å². The van der Waals surface area contributed by atoms with Gasteiger partial charge in [-0.2, -0.15) is 0 Å². The Kier molecular flexibility index (Phi) is 69.1. The van der Waals surface area contributed by atoms with Gasteiger partial charge in [-0.25, -0.2) is 4.57 Å². The number of hydrogen-bond acceptors (Lipinski definition) is 21. The van der Waals surface area contributed by atoms with Crippen molar-refractivity contribution in [2.75, 3.05) is 32.9 Å². The molecule has 0 heterocycles. The summed E-state index contributed by atoms with van der Waals surface area (Å²) in [7, 11) is -4.76. The van der Waals surface area contributed by atoms with Crippen LogP contribution in [0.4, 0.5) is 0 Å². The predicted molar refractivity (Wildman–Crippen MR) is 489 cm³/mol. The second-order valence-corrected chi connectivity index (χ2v) is 36.5. The van der Waals surface area contributed by atoms with Gasteiger partial charge in [0.1, 0.15) is 76.0 Å². The topological polar surface area (TPSA) is 371 Å². The van der Waals surface area contributed by atoms with E-state index in [1.807, 2.05) is 25.2 Å². The molecule has 1 aliphatic rings. The maximum atomic E-state index is 13.0. The summed E-state index contributed by atoms with van der Waals surface area (Å²) in [5.74, 6) is -5.89. The van der Waals surface area contributed by atoms with Gasteiger partial charge in [0.15, 0.2) is 6.10 Å². The normalized spacial score (nSPS) is 13.6. The quantitative estimate of drug-likeness (QED) is 0.0167. The Morgan fingerprint density at radius 2 is 0.704 bits per heavy atom. The molecule has 24 nitrogen and oxygen atoms in total. The van der Waals surface area contributed by atoms with Crippen molar-refractivity contribution in [1.82, 2.24) is 10.6 Å². The zero-order valence-electron chi connectivity index (χ0n) is 78.0. The lowest BCUT2D eigenvalue weighted by Crippen LogP contribution is -2.30. The van der Waals surface area contributed by atoms with Gasteiger partial charge < -0.3 is 25.0 Å². The van der Waals surface area contributed by atoms with E-state index in [0.29, 0.717) is 12.8 Å². The third kappa shape index (κ3) is 70.4. The molecule has 25 heteroatoms. The van der Waals surface area contributed by atoms with Gasteiger partial charge in [-0.3, -0.25) is 85.8 Å². The zero-order valence-corrected chi connectivity index (χ0v) is 78.9. The highest BCUT2D eigenvalue weighted by Crippen LogP contribution is 2.43. The molecule has 0 radical (unpaired) electrons. The van der Waals surface area contributed by atoms with Gasteiger partial charge in [0, 0.05) is 193 Å². The number of phosphoric acid groups is 1. The molecule has 2 amide bonds. The molecule has 0 aromatic carbocycles. The van der Waals surface area contributed by atoms with Crippen LogP contribution < -0.4 is 10.6 Å². The monoisotopic (exact) mass is 1770 g/mol. The average Bonchev–Trinajstić information content (AvgIpc) is 0.816. The number of phosphoric ester groups is 1. The summed E-state index contributed by atoms with van der Waals surface area (Å²) in [4.78, 5) is 211. The van der Waals surface area contributed by atoms with Gasteiger partial charge in [0.05, 0.1) is 13.2 Å². The minimum absolute atomic E-state index is 0.0256. The Bertz CT molecular complexity index is 3480. The number of esters is 2. The average molecular weight is 1770 g/mol. The smallest absolute Gasteiger partial charge is 0.462 e. The molecule has 1 aliphatic carbocycles. The minimum Gasteiger partial charge on any atom is -0.462 e. The van der Waals surface area contributed by atoms with Crippen molar-refractivity contribution in [2.24, 2.45) is 5.41 Å². The van der Waals surface area contributed by atoms with Gasteiger partial charge in [0.2, 0.25) is 11.8 Å². The first-order chi connectivity index (χ1) is 59.8. The molecule has 1 unspecified atom stereocenters. The van der Waals surface area contributed by atoms with Crippen LogP contribution in [0, 0.1) is 5.41 Å². The molecule has 0 aromatic rings. The van der Waals surface area contributed by atoms with Gasteiger partial charge in [-0.05, 0) is 69.4 Å². The maximum Gasteiger partial charge on any atom is 0.472 e. The molecule has 3 N–H and O–H groups in total. The van der Waals surface area contributed by atoms with Crippen LogP contribution in [-0.4, -0.2) is 137 Å². The molecule has 0 aliphatic heterocycles. The van der Waals surface area contributed by atoms with E-state index in [1.165, 1.54) is 165 Å². The SMILES string of the molecule is CCCCCCCCCCCCCCCCCC(=O)OC[C@H](COP(=O)(O)OCCNC(=O)CCC(=O)CCC(=O)CCC(=O)CCC(=O)CCC(=O)CCC(=O)CCC(=O)CCC(=O)CCC(=O)CCC(=O)CCC(=O)CCC(=O)CCNC(=O)/C=C(C)/C=C/C=C(C)/C=C/C1=C(C)CCCC1(C)C)OC(=O)CCCCCCCCCCCCCCCCC. The minimum atomic E-state index is -4.76. The second kappa shape index (κ2) is 74.6. The van der Waals surface area contributed by atoms with E-state index in [1.54, 1.807) is 6.92 Å². The summed E-state index contributed by atoms with van der Waals surface area (Å²) in [5.41, 5.74) is 4.79. The highest BCUT2D eigenvalue weighted by atomic mass is 31.2. The van der Waals surface area contributed by atoms with Crippen LogP contribution in [0.2, 0.25) is 0 Å². The van der Waals surface area contributed by atoms with Crippen LogP contribution in [0.25, 0.3) is 0 Å². The number of nitrogens with one attached hydrogen (secondary N) is 2. The van der Waals surface area contributed by atoms with E-state index in [2.05, 4.69) is 57.4 Å². The Hall–Kier alpha value is -7.27. The number of allylic oxidation sites excluding steroid dienone is 9. The Labute approximate surface area is 749 Å². The fourth-order valence-electron chi connectivity index (χ4n) is 14.6. The lowest BCUT2D eigenvalue weighted by atomic mass is 9.72. The molecule has 0 saturated heterocycles. The van der Waals surface area contributed by atoms with E-state index in [-0.39, 0.29) is 274 Å². The predicted octanol–water partition coefficient (Wildman–Crippen LogP) is 21.4. The summed E-state index contributed by atoms with van der Waals surface area (Å²) in [6.45, 7) is 13.5. The van der Waals surface area contributed by atoms with Gasteiger partial charge in [-0.15, -0.1) is 0 Å². The number of Topliss-reactive ketones (excluding diaryl/α,β-unsaturated/α-hetero) is 12. The number of carbonyl (C=O) groups is 16. The molecule has 0 bridgehead atoms. The Morgan fingerprint density at radius 3 is 1.05 bits per heavy atom. The van der Waals surface area contributed by atoms with Crippen molar-refractivity contribution in [3.63, 3.8) is 0 Å². The van der Waals surface area contributed by atoms with Gasteiger partial charge in [-0.1, -0.05) is 249 Å². The molecule has 1 rings (SSSR count). The van der Waals surface area contributed by atoms with E-state index in [0.717, 1.165) is 62.5 Å². The van der Waals surface area contributed by atoms with Crippen molar-refractivity contribution in [1.29, 1.82) is 0 Å². The van der Waals surface area contributed by atoms with Crippen LogP contribution in [0.5, 0.6) is 0 Å². The van der Waals surface area contributed by atoms with E-state index in [4.69, 9.17) is 18.5 Å². The number of rotatable bonds is 86. The fraction of sp³-hybridized carbons (Fsp3) is 0.740. The molecule has 0 fully saturated rings. The number of carbonyl (C=O) groups excluding carboxylic acids is 16. The molecule has 708 valence electrons. The van der Waals surface area contributed by atoms with Gasteiger partial charge in [0.25, 0.3) is 0 Å². The first kappa shape index (κ1) is 116. The maximum absolute atomic E-state index is 13.0. The van der Waals surface area contributed by atoms with Crippen molar-refractivity contribution in [3.05, 3.63) is 58.7 Å². The number of unbranched alkanes of at least 4 members (excludes halogenated alkanes) is 28. The highest BCUT2D eigenvalue weighted by Gasteiger charge is 2.29. The number of ketones is 12. The summed E-state index contributed by atoms with van der Waals surface area (Å²) >= 11 is 0. The van der Waals surface area contributed by atoms with Crippen molar-refractivity contribution >= 4 is 101 Å². The van der Waals surface area contributed by atoms with E-state index < -0.39 is 45.0 Å². The Balaban J connectivity index is 2.28. The number of ether oxygens (including phenoxy) is 2. The molecule has 0 aromatic heterocycles. The summed E-state index contributed by atoms with van der Waals surface area (Å²) in [6, 6.07) is 0. The van der Waals surface area contributed by atoms with Crippen LogP contribution in [0.3, 0.4) is 0 Å². The van der Waals surface area contributed by atoms with E-state index >= 15 is 0 Å². The van der Waals surface area contributed by atoms with Crippen molar-refractivity contribution in [2.45, 2.75) is 440 Å². The Morgan fingerprint density at radius 1 is 0.384 bits per heavy atom. The summed E-state index contributed by atoms with van der Waals surface area (Å²) < 4.78 is 34.2. The van der Waals surface area contributed by atoms with Crippen molar-refractivity contribution in [3.8, 4) is 0 Å². The van der Waals surface area contributed by atoms with E-state index in [9.17, 15) is 86.2 Å².